The van der Waals surface area contributed by atoms with Crippen molar-refractivity contribution in [2.45, 2.75) is 89.1 Å². The molecule has 2 aromatic rings. The Morgan fingerprint density at radius 1 is 1.12 bits per heavy atom. The lowest BCUT2D eigenvalue weighted by atomic mass is 9.77. The van der Waals surface area contributed by atoms with Crippen LogP contribution in [0, 0.1) is 26.7 Å². The Morgan fingerprint density at radius 2 is 1.84 bits per heavy atom. The number of fused-ring (bicyclic) bond motifs is 1. The molecule has 49 heavy (non-hydrogen) atoms. The predicted octanol–water partition coefficient (Wildman–Crippen LogP) is 4.20. The molecule has 13 nitrogen and oxygen atoms in total. The van der Waals surface area contributed by atoms with Crippen molar-refractivity contribution < 1.29 is 33.6 Å². The number of amides is 4. The van der Waals surface area contributed by atoms with Crippen molar-refractivity contribution in [1.29, 1.82) is 0 Å². The van der Waals surface area contributed by atoms with E-state index in [1.807, 2.05) is 6.92 Å². The summed E-state index contributed by atoms with van der Waals surface area (Å²) in [5.41, 5.74) is 3.69. The van der Waals surface area contributed by atoms with E-state index in [0.29, 0.717) is 23.5 Å². The van der Waals surface area contributed by atoms with Crippen molar-refractivity contribution >= 4 is 75.6 Å². The number of benzene rings is 1. The second-order valence-electron chi connectivity index (χ2n) is 13.2. The molecule has 0 radical (unpaired) electrons. The number of nitrogens with zero attached hydrogens (tertiary/aromatic N) is 5. The van der Waals surface area contributed by atoms with Gasteiger partial charge in [0.25, 0.3) is 5.91 Å². The largest absolute Gasteiger partial charge is 0.381 e. The van der Waals surface area contributed by atoms with Crippen molar-refractivity contribution in [3.8, 4) is 0 Å². The number of hydrogen-bond acceptors (Lipinski definition) is 11. The van der Waals surface area contributed by atoms with Crippen molar-refractivity contribution in [3.63, 3.8) is 0 Å². The van der Waals surface area contributed by atoms with Gasteiger partial charge in [0, 0.05) is 11.8 Å². The summed E-state index contributed by atoms with van der Waals surface area (Å²) < 4.78 is 0. The van der Waals surface area contributed by atoms with E-state index < -0.39 is 45.5 Å². The Morgan fingerprint density at radius 3 is 2.43 bits per heavy atom. The number of carbonyl (C=O) groups excluding carboxylic acids is 6. The zero-order valence-electron chi connectivity index (χ0n) is 28.0. The van der Waals surface area contributed by atoms with Crippen LogP contribution in [0.2, 0.25) is 5.02 Å². The molecule has 4 heterocycles. The minimum absolute atomic E-state index is 0.0570. The lowest BCUT2D eigenvalue weighted by Crippen LogP contribution is -2.60. The molecule has 6 rings (SSSR count). The van der Waals surface area contributed by atoms with Crippen LogP contribution in [0.3, 0.4) is 0 Å². The van der Waals surface area contributed by atoms with E-state index in [1.54, 1.807) is 38.3 Å². The molecule has 0 bridgehead atoms. The Kier molecular flexibility index (Phi) is 9.16. The zero-order chi connectivity index (χ0) is 35.6. The fourth-order valence-corrected chi connectivity index (χ4v) is 9.42. The highest BCUT2D eigenvalue weighted by molar-refractivity contribution is 8.02. The molecule has 4 aliphatic rings. The van der Waals surface area contributed by atoms with Gasteiger partial charge in [-0.05, 0) is 78.0 Å². The van der Waals surface area contributed by atoms with Gasteiger partial charge in [-0.3, -0.25) is 34.3 Å². The highest BCUT2D eigenvalue weighted by atomic mass is 35.5. The number of halogens is 1. The van der Waals surface area contributed by atoms with Crippen molar-refractivity contribution in [3.05, 3.63) is 49.9 Å². The third kappa shape index (κ3) is 5.82. The molecule has 1 aromatic carbocycles. The van der Waals surface area contributed by atoms with Gasteiger partial charge in [-0.1, -0.05) is 34.6 Å². The molecule has 16 heteroatoms. The number of ketones is 3. The molecule has 1 N–H and O–H groups in total. The lowest BCUT2D eigenvalue weighted by Gasteiger charge is -2.41. The summed E-state index contributed by atoms with van der Waals surface area (Å²) >= 11 is 8.93. The number of oxime groups is 1. The molecule has 2 unspecified atom stereocenters. The van der Waals surface area contributed by atoms with E-state index in [9.17, 15) is 28.8 Å². The van der Waals surface area contributed by atoms with Crippen LogP contribution in [0.25, 0.3) is 0 Å². The fourth-order valence-electron chi connectivity index (χ4n) is 6.70. The molecular weight excluding hydrogens is 692 g/mol. The number of Topliss-reactive ketones (excluding diaryl/α,β-unsaturated/α-hetero) is 3. The van der Waals surface area contributed by atoms with E-state index in [-0.39, 0.29) is 53.3 Å². The molecule has 1 aromatic heterocycles. The standard InChI is InChI=1S/C33H37ClN6O7S2/c1-16-8-9-22(26(34)18(16)3)28(44)36-39-13-17(2)40(31(39)46)33(20(5)42)15-38-29(45)23(30(38)49-33)12-25(43)27(24-14-48-21(6)35-24)37-47-32(19(4)41)10-7-11-32/h8-9,14,17,23,30H,7,10-13,15H2,1-6H3,(H,36,44)/b37-27-/t17?,23-,30?,33-/m1/s1. The number of thiazole rings is 1. The van der Waals surface area contributed by atoms with E-state index in [0.717, 1.165) is 34.3 Å². The highest BCUT2D eigenvalue weighted by Gasteiger charge is 2.65. The number of urea groups is 1. The van der Waals surface area contributed by atoms with Crippen LogP contribution in [-0.4, -0.2) is 95.7 Å². The van der Waals surface area contributed by atoms with Gasteiger partial charge in [0.15, 0.2) is 33.5 Å². The first-order valence-corrected chi connectivity index (χ1v) is 18.1. The molecule has 0 spiro atoms. The Labute approximate surface area is 296 Å². The second-order valence-corrected chi connectivity index (χ2v) is 16.0. The van der Waals surface area contributed by atoms with Crippen LogP contribution in [-0.2, 0) is 24.0 Å². The van der Waals surface area contributed by atoms with Gasteiger partial charge in [-0.2, -0.15) is 0 Å². The number of rotatable bonds is 11. The topological polar surface area (TPSA) is 159 Å². The number of nitrogens with one attached hydrogen (secondary N) is 1. The van der Waals surface area contributed by atoms with Crippen LogP contribution >= 0.6 is 34.7 Å². The summed E-state index contributed by atoms with van der Waals surface area (Å²) in [4.78, 5) is 91.6. The van der Waals surface area contributed by atoms with Crippen LogP contribution < -0.4 is 5.43 Å². The SMILES string of the molecule is CC(=O)C1(O/N=C(\C(=O)C[C@@H]2C(=O)N3C[C@@](C(C)=O)(N4C(=O)N(NC(=O)c5ccc(C)c(C)c5Cl)CC4C)SC23)c2csc(C)n2)CCC1. The van der Waals surface area contributed by atoms with E-state index in [2.05, 4.69) is 15.6 Å². The Bertz CT molecular complexity index is 1830. The van der Waals surface area contributed by atoms with Gasteiger partial charge in [-0.15, -0.1) is 11.3 Å². The maximum atomic E-state index is 13.9. The smallest absolute Gasteiger partial charge is 0.340 e. The number of hydrazine groups is 1. The fraction of sp³-hybridized carbons (Fsp3) is 0.515. The summed E-state index contributed by atoms with van der Waals surface area (Å²) in [5.74, 6) is -2.66. The van der Waals surface area contributed by atoms with Gasteiger partial charge >= 0.3 is 6.03 Å². The van der Waals surface area contributed by atoms with Crippen LogP contribution in [0.5, 0.6) is 0 Å². The predicted molar refractivity (Wildman–Crippen MR) is 183 cm³/mol. The van der Waals surface area contributed by atoms with Crippen molar-refractivity contribution in [2.24, 2.45) is 11.1 Å². The summed E-state index contributed by atoms with van der Waals surface area (Å²) in [6, 6.07) is 2.27. The summed E-state index contributed by atoms with van der Waals surface area (Å²) in [6.07, 6.45) is 1.58. The second kappa shape index (κ2) is 12.8. The number of β-lactam (4-membered cyclic amide) rings is 1. The first-order valence-electron chi connectivity index (χ1n) is 16.0. The average Bonchev–Trinajstić information content (AvgIpc) is 3.69. The van der Waals surface area contributed by atoms with E-state index >= 15 is 0 Å². The lowest BCUT2D eigenvalue weighted by molar-refractivity contribution is -0.155. The molecule has 3 aliphatic heterocycles. The minimum atomic E-state index is -1.43. The van der Waals surface area contributed by atoms with Gasteiger partial charge in [0.05, 0.1) is 46.0 Å². The van der Waals surface area contributed by atoms with E-state index in [4.69, 9.17) is 16.4 Å². The van der Waals surface area contributed by atoms with Gasteiger partial charge in [-0.25, -0.2) is 14.8 Å². The summed E-state index contributed by atoms with van der Waals surface area (Å²) in [5, 5.41) is 7.42. The van der Waals surface area contributed by atoms with Gasteiger partial charge < -0.3 is 9.74 Å². The Balaban J connectivity index is 1.19. The van der Waals surface area contributed by atoms with Crippen LogP contribution in [0.4, 0.5) is 4.79 Å². The Hall–Kier alpha value is -3.82. The minimum Gasteiger partial charge on any atom is -0.381 e. The third-order valence-corrected chi connectivity index (χ3v) is 13.1. The summed E-state index contributed by atoms with van der Waals surface area (Å²) in [7, 11) is 0. The number of carbonyl (C=O) groups is 6. The van der Waals surface area contributed by atoms with Gasteiger partial charge in [0.2, 0.25) is 5.91 Å². The van der Waals surface area contributed by atoms with Crippen LogP contribution in [0.1, 0.15) is 78.6 Å². The monoisotopic (exact) mass is 728 g/mol. The van der Waals surface area contributed by atoms with E-state index in [1.165, 1.54) is 35.0 Å². The number of aromatic nitrogens is 1. The zero-order valence-corrected chi connectivity index (χ0v) is 30.4. The third-order valence-electron chi connectivity index (χ3n) is 10.00. The highest BCUT2D eigenvalue weighted by Crippen LogP contribution is 2.53. The molecule has 1 aliphatic carbocycles. The van der Waals surface area contributed by atoms with Crippen LogP contribution in [0.15, 0.2) is 22.7 Å². The number of aryl methyl sites for hydroxylation is 2. The molecule has 4 atom stereocenters. The molecule has 260 valence electrons. The normalized spacial score (nSPS) is 25.9. The first-order chi connectivity index (χ1) is 23.1. The number of hydrogen-bond donors (Lipinski definition) is 1. The molecular formula is C33H37ClN6O7S2. The quantitative estimate of drug-likeness (QED) is 0.203. The average molecular weight is 729 g/mol. The maximum Gasteiger partial charge on any atom is 0.340 e. The summed E-state index contributed by atoms with van der Waals surface area (Å²) in [6.45, 7) is 10.1. The molecule has 4 fully saturated rings. The molecule has 1 saturated carbocycles. The van der Waals surface area contributed by atoms with Crippen molar-refractivity contribution in [2.75, 3.05) is 13.1 Å². The molecule has 4 amide bonds. The number of thioether (sulfide) groups is 1. The molecule has 3 saturated heterocycles. The van der Waals surface area contributed by atoms with Crippen molar-refractivity contribution in [1.82, 2.24) is 25.2 Å². The first kappa shape index (κ1) is 35.0. The van der Waals surface area contributed by atoms with Gasteiger partial charge in [0.1, 0.15) is 5.69 Å². The maximum absolute atomic E-state index is 13.9.